The van der Waals surface area contributed by atoms with Gasteiger partial charge < -0.3 is 15.8 Å². The van der Waals surface area contributed by atoms with Crippen molar-refractivity contribution in [1.29, 1.82) is 0 Å². The summed E-state index contributed by atoms with van der Waals surface area (Å²) in [4.78, 5) is 11.9. The van der Waals surface area contributed by atoms with Crippen LogP contribution in [0.4, 0.5) is 8.78 Å². The van der Waals surface area contributed by atoms with Gasteiger partial charge in [-0.1, -0.05) is 26.0 Å². The van der Waals surface area contributed by atoms with Gasteiger partial charge in [0, 0.05) is 0 Å². The van der Waals surface area contributed by atoms with E-state index in [0.29, 0.717) is 17.9 Å². The third-order valence-corrected chi connectivity index (χ3v) is 3.00. The van der Waals surface area contributed by atoms with E-state index in [0.717, 1.165) is 0 Å². The van der Waals surface area contributed by atoms with Crippen LogP contribution < -0.4 is 15.8 Å². The normalized spacial score (nSPS) is 14.1. The topological polar surface area (TPSA) is 64.4 Å². The lowest BCUT2D eigenvalue weighted by atomic mass is 10.0. The van der Waals surface area contributed by atoms with Crippen LogP contribution in [0.2, 0.25) is 0 Å². The van der Waals surface area contributed by atoms with Gasteiger partial charge in [-0.15, -0.1) is 0 Å². The molecular formula is C15H22F2N2O2. The Hall–Kier alpha value is -1.69. The highest BCUT2D eigenvalue weighted by molar-refractivity contribution is 5.81. The van der Waals surface area contributed by atoms with Crippen molar-refractivity contribution in [3.63, 3.8) is 0 Å². The summed E-state index contributed by atoms with van der Waals surface area (Å²) < 4.78 is 28.7. The fourth-order valence-corrected chi connectivity index (χ4v) is 1.98. The van der Waals surface area contributed by atoms with Gasteiger partial charge in [-0.3, -0.25) is 4.79 Å². The molecule has 118 valence electrons. The van der Waals surface area contributed by atoms with E-state index in [2.05, 4.69) is 10.1 Å². The molecule has 0 saturated heterocycles. The number of nitrogens with two attached hydrogens (primary N) is 1. The molecule has 0 aliphatic heterocycles. The fraction of sp³-hybridized carbons (Fsp3) is 0.533. The molecule has 1 unspecified atom stereocenters. The van der Waals surface area contributed by atoms with Crippen LogP contribution in [-0.4, -0.2) is 18.6 Å². The van der Waals surface area contributed by atoms with E-state index in [-0.39, 0.29) is 17.7 Å². The van der Waals surface area contributed by atoms with E-state index in [9.17, 15) is 13.6 Å². The smallest absolute Gasteiger partial charge is 0.387 e. The molecule has 0 bridgehead atoms. The average Bonchev–Trinajstić information content (AvgIpc) is 2.37. The maximum atomic E-state index is 12.2. The first-order valence-corrected chi connectivity index (χ1v) is 6.90. The molecule has 0 aromatic heterocycles. The van der Waals surface area contributed by atoms with Crippen LogP contribution in [-0.2, 0) is 4.79 Å². The summed E-state index contributed by atoms with van der Waals surface area (Å²) in [7, 11) is 0. The molecule has 1 aromatic carbocycles. The third kappa shape index (κ3) is 6.08. The van der Waals surface area contributed by atoms with Gasteiger partial charge >= 0.3 is 6.61 Å². The highest BCUT2D eigenvalue weighted by Crippen LogP contribution is 2.20. The predicted molar refractivity (Wildman–Crippen MR) is 77.1 cm³/mol. The van der Waals surface area contributed by atoms with E-state index in [1.54, 1.807) is 19.1 Å². The Morgan fingerprint density at radius 3 is 2.57 bits per heavy atom. The van der Waals surface area contributed by atoms with Crippen LogP contribution in [0.5, 0.6) is 5.75 Å². The van der Waals surface area contributed by atoms with Gasteiger partial charge in [-0.05, 0) is 37.0 Å². The van der Waals surface area contributed by atoms with Crippen LogP contribution in [0.15, 0.2) is 24.3 Å². The zero-order valence-electron chi connectivity index (χ0n) is 12.5. The highest BCUT2D eigenvalue weighted by atomic mass is 19.3. The molecule has 0 radical (unpaired) electrons. The van der Waals surface area contributed by atoms with Crippen LogP contribution in [0.25, 0.3) is 0 Å². The Bertz CT molecular complexity index is 467. The number of carbonyl (C=O) groups excluding carboxylic acids is 1. The Labute approximate surface area is 123 Å². The zero-order chi connectivity index (χ0) is 16.0. The largest absolute Gasteiger partial charge is 0.435 e. The van der Waals surface area contributed by atoms with E-state index >= 15 is 0 Å². The molecule has 0 saturated carbocycles. The summed E-state index contributed by atoms with van der Waals surface area (Å²) in [6.07, 6.45) is 0.590. The second-order valence-corrected chi connectivity index (χ2v) is 5.42. The maximum absolute atomic E-state index is 12.2. The molecule has 21 heavy (non-hydrogen) atoms. The molecular weight excluding hydrogens is 278 g/mol. The summed E-state index contributed by atoms with van der Waals surface area (Å²) in [6.45, 7) is 2.87. The Kier molecular flexibility index (Phi) is 6.55. The number of ether oxygens (including phenoxy) is 1. The van der Waals surface area contributed by atoms with Crippen LogP contribution in [0.1, 0.15) is 38.8 Å². The van der Waals surface area contributed by atoms with Crippen molar-refractivity contribution < 1.29 is 18.3 Å². The summed E-state index contributed by atoms with van der Waals surface area (Å²) in [5, 5.41) is 2.77. The van der Waals surface area contributed by atoms with Gasteiger partial charge in [0.25, 0.3) is 0 Å². The summed E-state index contributed by atoms with van der Waals surface area (Å²) in [6, 6.07) is 5.34. The maximum Gasteiger partial charge on any atom is 0.387 e. The fourth-order valence-electron chi connectivity index (χ4n) is 1.98. The molecule has 0 aliphatic rings. The number of nitrogens with one attached hydrogen (secondary N) is 1. The Morgan fingerprint density at radius 1 is 1.33 bits per heavy atom. The standard InChI is InChI=1S/C15H22F2N2O2/c1-9(2)7-13(18)14(20)19-10(3)11-5-4-6-12(8-11)21-15(16)17/h4-6,8-10,13,15H,7,18H2,1-3H3,(H,19,20)/t10?,13-/m0/s1. The number of halogens is 2. The van der Waals surface area contributed by atoms with Gasteiger partial charge in [0.2, 0.25) is 5.91 Å². The van der Waals surface area contributed by atoms with Crippen molar-refractivity contribution in [3.05, 3.63) is 29.8 Å². The first kappa shape index (κ1) is 17.4. The minimum absolute atomic E-state index is 0.0649. The van der Waals surface area contributed by atoms with E-state index in [1.165, 1.54) is 12.1 Å². The van der Waals surface area contributed by atoms with E-state index in [4.69, 9.17) is 5.73 Å². The number of benzene rings is 1. The SMILES string of the molecule is CC(C)C[C@H](N)C(=O)NC(C)c1cccc(OC(F)F)c1. The highest BCUT2D eigenvalue weighted by Gasteiger charge is 2.18. The van der Waals surface area contributed by atoms with Crippen LogP contribution in [0, 0.1) is 5.92 Å². The first-order valence-electron chi connectivity index (χ1n) is 6.90. The van der Waals surface area contributed by atoms with Crippen molar-refractivity contribution in [2.75, 3.05) is 0 Å². The molecule has 1 rings (SSSR count). The molecule has 0 fully saturated rings. The number of hydrogen-bond donors (Lipinski definition) is 2. The van der Waals surface area contributed by atoms with Gasteiger partial charge in [-0.25, -0.2) is 0 Å². The molecule has 1 amide bonds. The van der Waals surface area contributed by atoms with Crippen LogP contribution in [0.3, 0.4) is 0 Å². The minimum Gasteiger partial charge on any atom is -0.435 e. The van der Waals surface area contributed by atoms with Crippen molar-refractivity contribution in [2.24, 2.45) is 11.7 Å². The molecule has 1 aromatic rings. The van der Waals surface area contributed by atoms with Crippen molar-refractivity contribution in [1.82, 2.24) is 5.32 Å². The number of rotatable bonds is 7. The van der Waals surface area contributed by atoms with E-state index in [1.807, 2.05) is 13.8 Å². The van der Waals surface area contributed by atoms with Gasteiger partial charge in [0.1, 0.15) is 5.75 Å². The number of alkyl halides is 2. The zero-order valence-corrected chi connectivity index (χ0v) is 12.5. The van der Waals surface area contributed by atoms with Gasteiger partial charge in [0.05, 0.1) is 12.1 Å². The second kappa shape index (κ2) is 7.93. The molecule has 0 spiro atoms. The average molecular weight is 300 g/mol. The molecule has 0 heterocycles. The monoisotopic (exact) mass is 300 g/mol. The summed E-state index contributed by atoms with van der Waals surface area (Å²) in [5.41, 5.74) is 6.48. The quantitative estimate of drug-likeness (QED) is 0.814. The molecule has 4 nitrogen and oxygen atoms in total. The van der Waals surface area contributed by atoms with Crippen molar-refractivity contribution in [3.8, 4) is 5.75 Å². The molecule has 0 aliphatic carbocycles. The lowest BCUT2D eigenvalue weighted by Gasteiger charge is -2.19. The van der Waals surface area contributed by atoms with Crippen molar-refractivity contribution in [2.45, 2.75) is 45.9 Å². The summed E-state index contributed by atoms with van der Waals surface area (Å²) in [5.74, 6) is 0.135. The van der Waals surface area contributed by atoms with Gasteiger partial charge in [0.15, 0.2) is 0 Å². The number of amides is 1. The van der Waals surface area contributed by atoms with E-state index < -0.39 is 12.7 Å². The molecule has 6 heteroatoms. The third-order valence-electron chi connectivity index (χ3n) is 3.00. The Balaban J connectivity index is 2.66. The predicted octanol–water partition coefficient (Wildman–Crippen LogP) is 2.84. The molecule has 2 atom stereocenters. The minimum atomic E-state index is -2.87. The summed E-state index contributed by atoms with van der Waals surface area (Å²) >= 11 is 0. The van der Waals surface area contributed by atoms with Crippen molar-refractivity contribution >= 4 is 5.91 Å². The second-order valence-electron chi connectivity index (χ2n) is 5.42. The Morgan fingerprint density at radius 2 is 2.00 bits per heavy atom. The number of hydrogen-bond acceptors (Lipinski definition) is 3. The number of carbonyl (C=O) groups is 1. The lowest BCUT2D eigenvalue weighted by Crippen LogP contribution is -2.42. The van der Waals surface area contributed by atoms with Gasteiger partial charge in [-0.2, -0.15) is 8.78 Å². The first-order chi connectivity index (χ1) is 9.79. The van der Waals surface area contributed by atoms with Crippen LogP contribution >= 0.6 is 0 Å². The lowest BCUT2D eigenvalue weighted by molar-refractivity contribution is -0.123. The molecule has 3 N–H and O–H groups in total.